The van der Waals surface area contributed by atoms with Gasteiger partial charge in [0.05, 0.1) is 11.4 Å². The fourth-order valence-electron chi connectivity index (χ4n) is 1.21. The number of benzene rings is 2. The van der Waals surface area contributed by atoms with Gasteiger partial charge in [0, 0.05) is 0 Å². The highest BCUT2D eigenvalue weighted by Crippen LogP contribution is 2.12. The first-order valence-electron chi connectivity index (χ1n) is 5.32. The van der Waals surface area contributed by atoms with Crippen LogP contribution in [0.3, 0.4) is 0 Å². The van der Waals surface area contributed by atoms with Crippen molar-refractivity contribution in [3.05, 3.63) is 60.7 Å². The zero-order valence-corrected chi connectivity index (χ0v) is 10.3. The lowest BCUT2D eigenvalue weighted by atomic mass is 10.3. The smallest absolute Gasteiger partial charge is 0.148 e. The number of nitrogens with zero attached hydrogens (tertiary/aromatic N) is 4. The number of hydrogen-bond donors (Lipinski definition) is 0. The van der Waals surface area contributed by atoms with E-state index in [4.69, 9.17) is 12.2 Å². The molecule has 18 heavy (non-hydrogen) atoms. The average Bonchev–Trinajstić information content (AvgIpc) is 2.45. The zero-order valence-electron chi connectivity index (χ0n) is 9.47. The Morgan fingerprint density at radius 1 is 0.667 bits per heavy atom. The summed E-state index contributed by atoms with van der Waals surface area (Å²) in [5.74, 6) is 0. The van der Waals surface area contributed by atoms with Crippen LogP contribution in [0, 0.1) is 0 Å². The van der Waals surface area contributed by atoms with E-state index in [1.807, 2.05) is 60.7 Å². The molecule has 2 rings (SSSR count). The third-order valence-corrected chi connectivity index (χ3v) is 2.18. The summed E-state index contributed by atoms with van der Waals surface area (Å²) in [5, 5.41) is 15.6. The van der Waals surface area contributed by atoms with Crippen LogP contribution in [0.5, 0.6) is 0 Å². The Morgan fingerprint density at radius 2 is 1.06 bits per heavy atom. The van der Waals surface area contributed by atoms with Crippen molar-refractivity contribution in [2.75, 3.05) is 0 Å². The molecule has 0 radical (unpaired) electrons. The number of azo groups is 2. The van der Waals surface area contributed by atoms with Gasteiger partial charge in [-0.15, -0.1) is 20.5 Å². The van der Waals surface area contributed by atoms with Crippen LogP contribution >= 0.6 is 12.2 Å². The molecule has 0 amide bonds. The second-order valence-electron chi connectivity index (χ2n) is 3.35. The Labute approximate surface area is 110 Å². The predicted octanol–water partition coefficient (Wildman–Crippen LogP) is 4.84. The first-order valence-corrected chi connectivity index (χ1v) is 5.73. The summed E-state index contributed by atoms with van der Waals surface area (Å²) < 4.78 is 0. The van der Waals surface area contributed by atoms with Crippen molar-refractivity contribution < 1.29 is 0 Å². The average molecular weight is 254 g/mol. The van der Waals surface area contributed by atoms with Crippen LogP contribution in [0.1, 0.15) is 0 Å². The zero-order chi connectivity index (χ0) is 12.6. The molecule has 0 heterocycles. The van der Waals surface area contributed by atoms with Gasteiger partial charge in [-0.05, 0) is 36.5 Å². The van der Waals surface area contributed by atoms with E-state index in [9.17, 15) is 0 Å². The van der Waals surface area contributed by atoms with E-state index in [1.165, 1.54) is 0 Å². The molecule has 0 atom stereocenters. The fraction of sp³-hybridized carbons (Fsp3) is 0. The topological polar surface area (TPSA) is 49.4 Å². The van der Waals surface area contributed by atoms with Crippen molar-refractivity contribution in [1.29, 1.82) is 0 Å². The SMILES string of the molecule is S=C(N=Nc1ccccc1)N=Nc1ccccc1. The van der Waals surface area contributed by atoms with Gasteiger partial charge in [-0.3, -0.25) is 0 Å². The number of thiocarbonyl (C=S) groups is 1. The van der Waals surface area contributed by atoms with E-state index in [0.29, 0.717) is 0 Å². The van der Waals surface area contributed by atoms with Gasteiger partial charge in [-0.1, -0.05) is 36.4 Å². The van der Waals surface area contributed by atoms with Crippen molar-refractivity contribution in [2.45, 2.75) is 0 Å². The van der Waals surface area contributed by atoms with Gasteiger partial charge in [-0.25, -0.2) is 0 Å². The van der Waals surface area contributed by atoms with Gasteiger partial charge in [0.15, 0.2) is 0 Å². The standard InChI is InChI=1S/C13H10N4S/c18-13(16-14-11-7-3-1-4-8-11)17-15-12-9-5-2-6-10-12/h1-10H. The summed E-state index contributed by atoms with van der Waals surface area (Å²) in [7, 11) is 0. The molecule has 0 N–H and O–H groups in total. The van der Waals surface area contributed by atoms with Gasteiger partial charge in [0.1, 0.15) is 0 Å². The maximum Gasteiger partial charge on any atom is 0.259 e. The summed E-state index contributed by atoms with van der Waals surface area (Å²) in [6.45, 7) is 0. The highest BCUT2D eigenvalue weighted by atomic mass is 32.1. The van der Waals surface area contributed by atoms with Gasteiger partial charge < -0.3 is 0 Å². The molecule has 88 valence electrons. The minimum absolute atomic E-state index is 0.0997. The van der Waals surface area contributed by atoms with E-state index in [0.717, 1.165) is 11.4 Å². The van der Waals surface area contributed by atoms with E-state index in [1.54, 1.807) is 0 Å². The van der Waals surface area contributed by atoms with E-state index >= 15 is 0 Å². The second kappa shape index (κ2) is 6.46. The summed E-state index contributed by atoms with van der Waals surface area (Å²) in [5.41, 5.74) is 1.46. The molecule has 0 saturated carbocycles. The van der Waals surface area contributed by atoms with Crippen LogP contribution in [-0.2, 0) is 0 Å². The van der Waals surface area contributed by atoms with Crippen molar-refractivity contribution in [3.8, 4) is 0 Å². The van der Waals surface area contributed by atoms with E-state index < -0.39 is 0 Å². The molecule has 0 aromatic heterocycles. The molecule has 0 bridgehead atoms. The minimum Gasteiger partial charge on any atom is -0.148 e. The molecule has 5 heteroatoms. The first-order chi connectivity index (χ1) is 8.84. The van der Waals surface area contributed by atoms with Gasteiger partial charge in [-0.2, -0.15) is 0 Å². The molecule has 4 nitrogen and oxygen atoms in total. The summed E-state index contributed by atoms with van der Waals surface area (Å²) in [6.07, 6.45) is 0. The Morgan fingerprint density at radius 3 is 1.44 bits per heavy atom. The van der Waals surface area contributed by atoms with Crippen molar-refractivity contribution >= 4 is 28.7 Å². The molecule has 0 unspecified atom stereocenters. The number of hydrogen-bond acceptors (Lipinski definition) is 3. The van der Waals surface area contributed by atoms with Crippen LogP contribution in [0.25, 0.3) is 0 Å². The lowest BCUT2D eigenvalue weighted by Crippen LogP contribution is -1.78. The first kappa shape index (κ1) is 12.2. The predicted molar refractivity (Wildman–Crippen MR) is 74.5 cm³/mol. The van der Waals surface area contributed by atoms with Gasteiger partial charge >= 0.3 is 0 Å². The second-order valence-corrected chi connectivity index (χ2v) is 3.72. The van der Waals surface area contributed by atoms with Gasteiger partial charge in [0.25, 0.3) is 5.11 Å². The third-order valence-electron chi connectivity index (χ3n) is 2.01. The summed E-state index contributed by atoms with van der Waals surface area (Å²) >= 11 is 4.93. The Kier molecular flexibility index (Phi) is 4.38. The molecule has 2 aromatic carbocycles. The lowest BCUT2D eigenvalue weighted by Gasteiger charge is -1.90. The molecule has 0 fully saturated rings. The van der Waals surface area contributed by atoms with Crippen molar-refractivity contribution in [2.24, 2.45) is 20.5 Å². The molecule has 0 aliphatic carbocycles. The molecular weight excluding hydrogens is 244 g/mol. The maximum absolute atomic E-state index is 4.93. The van der Waals surface area contributed by atoms with Crippen molar-refractivity contribution in [1.82, 2.24) is 0 Å². The van der Waals surface area contributed by atoms with Crippen LogP contribution in [0.15, 0.2) is 81.1 Å². The Bertz CT molecular complexity index is 513. The molecule has 0 aliphatic heterocycles. The quantitative estimate of drug-likeness (QED) is 0.558. The van der Waals surface area contributed by atoms with E-state index in [-0.39, 0.29) is 5.11 Å². The summed E-state index contributed by atoms with van der Waals surface area (Å²) in [4.78, 5) is 0. The normalized spacial score (nSPS) is 11.1. The van der Waals surface area contributed by atoms with Crippen LogP contribution in [0.4, 0.5) is 11.4 Å². The van der Waals surface area contributed by atoms with Crippen LogP contribution in [0.2, 0.25) is 0 Å². The van der Waals surface area contributed by atoms with Crippen LogP contribution in [-0.4, -0.2) is 5.11 Å². The Hall–Kier alpha value is -2.27. The third kappa shape index (κ3) is 3.95. The highest BCUT2D eigenvalue weighted by Gasteiger charge is 1.91. The molecule has 2 aromatic rings. The van der Waals surface area contributed by atoms with Crippen LogP contribution < -0.4 is 0 Å². The Balaban J connectivity index is 1.97. The molecule has 0 aliphatic rings. The molecule has 0 spiro atoms. The van der Waals surface area contributed by atoms with E-state index in [2.05, 4.69) is 20.5 Å². The van der Waals surface area contributed by atoms with Gasteiger partial charge in [0.2, 0.25) is 0 Å². The lowest BCUT2D eigenvalue weighted by molar-refractivity contribution is 1.21. The highest BCUT2D eigenvalue weighted by molar-refractivity contribution is 7.80. The molecular formula is C13H10N4S. The largest absolute Gasteiger partial charge is 0.259 e. The maximum atomic E-state index is 4.93. The number of rotatable bonds is 2. The fourth-order valence-corrected chi connectivity index (χ4v) is 1.29. The minimum atomic E-state index is 0.0997. The summed E-state index contributed by atoms with van der Waals surface area (Å²) in [6, 6.07) is 18.7. The molecule has 0 saturated heterocycles. The monoisotopic (exact) mass is 254 g/mol. The van der Waals surface area contributed by atoms with Crippen molar-refractivity contribution in [3.63, 3.8) is 0 Å².